The lowest BCUT2D eigenvalue weighted by atomic mass is 10.0. The van der Waals surface area contributed by atoms with Gasteiger partial charge in [0.05, 0.1) is 0 Å². The highest BCUT2D eigenvalue weighted by Crippen LogP contribution is 2.15. The molecule has 0 radical (unpaired) electrons. The van der Waals surface area contributed by atoms with Crippen molar-refractivity contribution in [2.45, 2.75) is 77.6 Å². The smallest absolute Gasteiger partial charge is 0.409 e. The quantitative estimate of drug-likeness (QED) is 0.510. The number of unbranched alkanes of at least 4 members (excludes halogenated alkanes) is 9. The molecule has 2 N–H and O–H groups in total. The van der Waals surface area contributed by atoms with Gasteiger partial charge in [-0.2, -0.15) is 0 Å². The van der Waals surface area contributed by atoms with Crippen molar-refractivity contribution in [1.82, 2.24) is 0 Å². The van der Waals surface area contributed by atoms with E-state index in [0.29, 0.717) is 5.75 Å². The predicted molar refractivity (Wildman–Crippen MR) is 92.2 cm³/mol. The summed E-state index contributed by atoms with van der Waals surface area (Å²) in [6.45, 7) is 2.26. The Labute approximate surface area is 135 Å². The minimum absolute atomic E-state index is 0.513. The van der Waals surface area contributed by atoms with Gasteiger partial charge in [0.1, 0.15) is 5.75 Å². The topological polar surface area (TPSA) is 52.3 Å². The summed E-state index contributed by atoms with van der Waals surface area (Å²) < 4.78 is 4.81. The molecule has 1 aromatic rings. The first kappa shape index (κ1) is 18.5. The lowest BCUT2D eigenvalue weighted by Crippen LogP contribution is -2.16. The fourth-order valence-electron chi connectivity index (χ4n) is 2.66. The molecule has 1 amide bonds. The van der Waals surface area contributed by atoms with Gasteiger partial charge in [-0.1, -0.05) is 76.8 Å². The standard InChI is InChI=1S/C19H31NO2/c1-2-3-4-5-6-7-8-9-10-11-12-17-13-15-18(16-14-17)22-19(20)21/h13-16H,2-12H2,1H3,(H2,20,21). The minimum atomic E-state index is -0.762. The molecule has 124 valence electrons. The number of primary amides is 1. The van der Waals surface area contributed by atoms with Crippen LogP contribution in [-0.4, -0.2) is 6.09 Å². The van der Waals surface area contributed by atoms with Crippen LogP contribution in [0.3, 0.4) is 0 Å². The summed E-state index contributed by atoms with van der Waals surface area (Å²) in [5, 5.41) is 0. The number of rotatable bonds is 12. The number of carbonyl (C=O) groups is 1. The van der Waals surface area contributed by atoms with Crippen LogP contribution in [-0.2, 0) is 6.42 Å². The Morgan fingerprint density at radius 3 is 1.86 bits per heavy atom. The molecule has 0 atom stereocenters. The number of hydrogen-bond donors (Lipinski definition) is 1. The minimum Gasteiger partial charge on any atom is -0.411 e. The Morgan fingerprint density at radius 2 is 1.36 bits per heavy atom. The van der Waals surface area contributed by atoms with Gasteiger partial charge in [-0.15, -0.1) is 0 Å². The Morgan fingerprint density at radius 1 is 0.864 bits per heavy atom. The monoisotopic (exact) mass is 305 g/mol. The summed E-state index contributed by atoms with van der Waals surface area (Å²) in [5.74, 6) is 0.513. The van der Waals surface area contributed by atoms with E-state index in [1.54, 1.807) is 12.1 Å². The average molecular weight is 305 g/mol. The van der Waals surface area contributed by atoms with Crippen molar-refractivity contribution in [2.24, 2.45) is 5.73 Å². The normalized spacial score (nSPS) is 10.6. The number of hydrogen-bond acceptors (Lipinski definition) is 2. The van der Waals surface area contributed by atoms with Crippen molar-refractivity contribution in [3.63, 3.8) is 0 Å². The third-order valence-corrected chi connectivity index (χ3v) is 3.96. The molecule has 1 aromatic carbocycles. The van der Waals surface area contributed by atoms with E-state index in [2.05, 4.69) is 6.92 Å². The van der Waals surface area contributed by atoms with Gasteiger partial charge < -0.3 is 10.5 Å². The molecule has 3 nitrogen and oxygen atoms in total. The summed E-state index contributed by atoms with van der Waals surface area (Å²) in [5.41, 5.74) is 6.26. The molecule has 0 heterocycles. The first-order chi connectivity index (χ1) is 10.7. The van der Waals surface area contributed by atoms with Crippen LogP contribution in [0, 0.1) is 0 Å². The van der Waals surface area contributed by atoms with E-state index < -0.39 is 6.09 Å². The highest BCUT2D eigenvalue weighted by Gasteiger charge is 1.99. The maximum atomic E-state index is 10.6. The van der Waals surface area contributed by atoms with Gasteiger partial charge in [-0.05, 0) is 30.5 Å². The highest BCUT2D eigenvalue weighted by molar-refractivity contribution is 5.67. The molecule has 0 unspecified atom stereocenters. The number of carbonyl (C=O) groups excluding carboxylic acids is 1. The molecule has 0 fully saturated rings. The van der Waals surface area contributed by atoms with E-state index in [-0.39, 0.29) is 0 Å². The number of ether oxygens (including phenoxy) is 1. The van der Waals surface area contributed by atoms with Crippen molar-refractivity contribution in [2.75, 3.05) is 0 Å². The molecular weight excluding hydrogens is 274 g/mol. The molecular formula is C19H31NO2. The zero-order chi connectivity index (χ0) is 16.0. The van der Waals surface area contributed by atoms with E-state index in [9.17, 15) is 4.79 Å². The third kappa shape index (κ3) is 9.43. The Hall–Kier alpha value is -1.51. The van der Waals surface area contributed by atoms with Gasteiger partial charge >= 0.3 is 6.09 Å². The maximum Gasteiger partial charge on any atom is 0.409 e. The van der Waals surface area contributed by atoms with E-state index in [1.807, 2.05) is 12.1 Å². The lowest BCUT2D eigenvalue weighted by Gasteiger charge is -2.04. The average Bonchev–Trinajstić information content (AvgIpc) is 2.50. The molecule has 0 aliphatic carbocycles. The first-order valence-corrected chi connectivity index (χ1v) is 8.78. The zero-order valence-corrected chi connectivity index (χ0v) is 14.0. The largest absolute Gasteiger partial charge is 0.411 e. The second-order valence-corrected chi connectivity index (χ2v) is 6.00. The van der Waals surface area contributed by atoms with Gasteiger partial charge in [0.15, 0.2) is 0 Å². The SMILES string of the molecule is CCCCCCCCCCCCc1ccc(OC(N)=O)cc1. The van der Waals surface area contributed by atoms with Crippen LogP contribution in [0.2, 0.25) is 0 Å². The Bertz CT molecular complexity index is 400. The fraction of sp³-hybridized carbons (Fsp3) is 0.632. The van der Waals surface area contributed by atoms with E-state index >= 15 is 0 Å². The number of aryl methyl sites for hydroxylation is 1. The number of nitrogens with two attached hydrogens (primary N) is 1. The lowest BCUT2D eigenvalue weighted by molar-refractivity contribution is 0.211. The fourth-order valence-corrected chi connectivity index (χ4v) is 2.66. The Kier molecular flexibility index (Phi) is 10.2. The summed E-state index contributed by atoms with van der Waals surface area (Å²) in [7, 11) is 0. The zero-order valence-electron chi connectivity index (χ0n) is 14.0. The van der Waals surface area contributed by atoms with Crippen LogP contribution in [0.25, 0.3) is 0 Å². The highest BCUT2D eigenvalue weighted by atomic mass is 16.5. The van der Waals surface area contributed by atoms with Crippen molar-refractivity contribution in [1.29, 1.82) is 0 Å². The van der Waals surface area contributed by atoms with Gasteiger partial charge in [-0.3, -0.25) is 0 Å². The van der Waals surface area contributed by atoms with E-state index in [0.717, 1.165) is 6.42 Å². The predicted octanol–water partition coefficient (Wildman–Crippen LogP) is 5.61. The van der Waals surface area contributed by atoms with Crippen LogP contribution >= 0.6 is 0 Å². The van der Waals surface area contributed by atoms with Crippen LogP contribution in [0.15, 0.2) is 24.3 Å². The first-order valence-electron chi connectivity index (χ1n) is 8.78. The molecule has 0 bridgehead atoms. The molecule has 0 spiro atoms. The second-order valence-electron chi connectivity index (χ2n) is 6.00. The van der Waals surface area contributed by atoms with E-state index in [1.165, 1.54) is 69.8 Å². The van der Waals surface area contributed by atoms with Crippen molar-refractivity contribution < 1.29 is 9.53 Å². The molecule has 0 saturated carbocycles. The second kappa shape index (κ2) is 12.1. The van der Waals surface area contributed by atoms with Crippen LogP contribution in [0.4, 0.5) is 4.79 Å². The summed E-state index contributed by atoms with van der Waals surface area (Å²) >= 11 is 0. The van der Waals surface area contributed by atoms with Crippen LogP contribution in [0.5, 0.6) is 5.75 Å². The number of amides is 1. The van der Waals surface area contributed by atoms with Crippen molar-refractivity contribution >= 4 is 6.09 Å². The van der Waals surface area contributed by atoms with Gasteiger partial charge in [0.25, 0.3) is 0 Å². The molecule has 0 saturated heterocycles. The summed E-state index contributed by atoms with van der Waals surface area (Å²) in [4.78, 5) is 10.6. The van der Waals surface area contributed by atoms with Gasteiger partial charge in [0, 0.05) is 0 Å². The molecule has 22 heavy (non-hydrogen) atoms. The molecule has 0 aliphatic rings. The maximum absolute atomic E-state index is 10.6. The molecule has 0 aliphatic heterocycles. The third-order valence-electron chi connectivity index (χ3n) is 3.96. The van der Waals surface area contributed by atoms with Gasteiger partial charge in [0.2, 0.25) is 0 Å². The van der Waals surface area contributed by atoms with Crippen LogP contribution in [0.1, 0.15) is 76.7 Å². The summed E-state index contributed by atoms with van der Waals surface area (Å²) in [6.07, 6.45) is 13.9. The van der Waals surface area contributed by atoms with Gasteiger partial charge in [-0.25, -0.2) is 4.79 Å². The molecule has 3 heteroatoms. The molecule has 0 aromatic heterocycles. The van der Waals surface area contributed by atoms with Crippen molar-refractivity contribution in [3.8, 4) is 5.75 Å². The van der Waals surface area contributed by atoms with E-state index in [4.69, 9.17) is 10.5 Å². The van der Waals surface area contributed by atoms with Crippen molar-refractivity contribution in [3.05, 3.63) is 29.8 Å². The summed E-state index contributed by atoms with van der Waals surface area (Å²) in [6, 6.07) is 7.62. The Balaban J connectivity index is 1.99. The molecule has 1 rings (SSSR count). The van der Waals surface area contributed by atoms with Crippen LogP contribution < -0.4 is 10.5 Å². The number of benzene rings is 1.